The van der Waals surface area contributed by atoms with E-state index in [9.17, 15) is 4.79 Å². The predicted octanol–water partition coefficient (Wildman–Crippen LogP) is 4.37. The van der Waals surface area contributed by atoms with Gasteiger partial charge in [0, 0.05) is 5.69 Å². The molecule has 4 aromatic rings. The molecule has 2 heterocycles. The summed E-state index contributed by atoms with van der Waals surface area (Å²) < 4.78 is 0.812. The van der Waals surface area contributed by atoms with Gasteiger partial charge in [-0.15, -0.1) is 10.2 Å². The lowest BCUT2D eigenvalue weighted by molar-refractivity contribution is 0.916. The van der Waals surface area contributed by atoms with E-state index >= 15 is 0 Å². The average Bonchev–Trinajstić information content (AvgIpc) is 3.09. The summed E-state index contributed by atoms with van der Waals surface area (Å²) in [7, 11) is 0. The van der Waals surface area contributed by atoms with Crippen molar-refractivity contribution in [3.05, 3.63) is 70.8 Å². The molecule has 2 N–H and O–H groups in total. The van der Waals surface area contributed by atoms with Crippen molar-refractivity contribution in [1.82, 2.24) is 20.2 Å². The molecule has 0 radical (unpaired) electrons. The van der Waals surface area contributed by atoms with Crippen LogP contribution in [0.1, 0.15) is 18.0 Å². The highest BCUT2D eigenvalue weighted by atomic mass is 32.2. The van der Waals surface area contributed by atoms with Crippen LogP contribution in [0.15, 0.2) is 63.7 Å². The molecule has 4 rings (SSSR count). The number of nitrogens with one attached hydrogen (secondary N) is 2. The van der Waals surface area contributed by atoms with Gasteiger partial charge in [-0.05, 0) is 31.2 Å². The summed E-state index contributed by atoms with van der Waals surface area (Å²) in [6, 6.07) is 17.2. The lowest BCUT2D eigenvalue weighted by Crippen LogP contribution is -2.12. The van der Waals surface area contributed by atoms with Crippen molar-refractivity contribution < 1.29 is 0 Å². The normalized spacial score (nSPS) is 12.2. The van der Waals surface area contributed by atoms with E-state index in [0.29, 0.717) is 16.7 Å². The van der Waals surface area contributed by atoms with E-state index in [1.807, 2.05) is 55.5 Å². The van der Waals surface area contributed by atoms with Gasteiger partial charge in [-0.3, -0.25) is 4.79 Å². The average molecular weight is 381 g/mol. The number of rotatable bonds is 5. The molecule has 0 bridgehead atoms. The van der Waals surface area contributed by atoms with Gasteiger partial charge < -0.3 is 10.3 Å². The Kier molecular flexibility index (Phi) is 4.68. The van der Waals surface area contributed by atoms with Gasteiger partial charge in [-0.2, -0.15) is 0 Å². The maximum absolute atomic E-state index is 12.2. The minimum Gasteiger partial charge on any atom is -0.330 e. The zero-order valence-electron chi connectivity index (χ0n) is 13.8. The summed E-state index contributed by atoms with van der Waals surface area (Å²) in [6.45, 7) is 1.99. The Morgan fingerprint density at radius 1 is 1.08 bits per heavy atom. The van der Waals surface area contributed by atoms with Crippen molar-refractivity contribution in [2.75, 3.05) is 5.32 Å². The second-order valence-corrected chi connectivity index (χ2v) is 8.16. The molecule has 1 atom stereocenters. The fraction of sp³-hybridized carbons (Fsp3) is 0.111. The summed E-state index contributed by atoms with van der Waals surface area (Å²) in [5.74, 6) is 0.631. The largest absolute Gasteiger partial charge is 0.330 e. The Hall–Kier alpha value is -2.71. The third-order valence-electron chi connectivity index (χ3n) is 3.73. The molecule has 6 nitrogen and oxygen atoms in total. The number of fused-ring (bicyclic) bond motifs is 1. The van der Waals surface area contributed by atoms with Crippen molar-refractivity contribution in [3.63, 3.8) is 0 Å². The molecule has 0 aliphatic heterocycles. The molecule has 0 saturated heterocycles. The van der Waals surface area contributed by atoms with E-state index in [-0.39, 0.29) is 10.8 Å². The fourth-order valence-electron chi connectivity index (χ4n) is 2.46. The van der Waals surface area contributed by atoms with E-state index in [0.717, 1.165) is 15.2 Å². The summed E-state index contributed by atoms with van der Waals surface area (Å²) in [4.78, 5) is 19.7. The van der Waals surface area contributed by atoms with Gasteiger partial charge in [0.05, 0.1) is 16.2 Å². The van der Waals surface area contributed by atoms with Gasteiger partial charge in [-0.1, -0.05) is 53.4 Å². The van der Waals surface area contributed by atoms with Gasteiger partial charge in [0.2, 0.25) is 5.13 Å². The molecule has 0 saturated carbocycles. The first-order valence-corrected chi connectivity index (χ1v) is 9.70. The van der Waals surface area contributed by atoms with Crippen LogP contribution in [0, 0.1) is 0 Å². The van der Waals surface area contributed by atoms with Crippen LogP contribution in [-0.2, 0) is 0 Å². The first-order chi connectivity index (χ1) is 12.7. The Morgan fingerprint density at radius 3 is 2.69 bits per heavy atom. The zero-order valence-corrected chi connectivity index (χ0v) is 15.5. The monoisotopic (exact) mass is 381 g/mol. The van der Waals surface area contributed by atoms with Crippen LogP contribution >= 0.6 is 23.1 Å². The summed E-state index contributed by atoms with van der Waals surface area (Å²) in [5, 5.41) is 12.9. The molecule has 2 aromatic heterocycles. The standard InChI is InChI=1S/C18H15N5OS2/c1-11(15-20-14-10-6-5-9-13(14)16(24)21-15)25-18-23-22-17(26-18)19-12-7-3-2-4-8-12/h2-11H,1H3,(H,19,22)(H,20,21,24)/t11-/m0/s1. The maximum Gasteiger partial charge on any atom is 0.258 e. The smallest absolute Gasteiger partial charge is 0.258 e. The maximum atomic E-state index is 12.2. The molecule has 8 heteroatoms. The summed E-state index contributed by atoms with van der Waals surface area (Å²) in [6.07, 6.45) is 0. The number of nitrogens with zero attached hydrogens (tertiary/aromatic N) is 3. The van der Waals surface area contributed by atoms with Crippen molar-refractivity contribution in [2.45, 2.75) is 16.5 Å². The minimum atomic E-state index is -0.123. The van der Waals surface area contributed by atoms with Gasteiger partial charge in [0.1, 0.15) is 5.82 Å². The third kappa shape index (κ3) is 3.61. The molecule has 0 unspecified atom stereocenters. The summed E-state index contributed by atoms with van der Waals surface area (Å²) in [5.41, 5.74) is 1.54. The van der Waals surface area contributed by atoms with E-state index < -0.39 is 0 Å². The number of anilines is 2. The molecule has 0 aliphatic carbocycles. The SMILES string of the molecule is C[C@H](Sc1nnc(Nc2ccccc2)s1)c1nc2ccccc2c(=O)[nH]1. The Labute approximate surface area is 157 Å². The molecule has 0 spiro atoms. The second-order valence-electron chi connectivity index (χ2n) is 5.59. The first-order valence-electron chi connectivity index (χ1n) is 8.00. The van der Waals surface area contributed by atoms with Crippen molar-refractivity contribution in [2.24, 2.45) is 0 Å². The minimum absolute atomic E-state index is 0.0511. The van der Waals surface area contributed by atoms with Gasteiger partial charge in [0.25, 0.3) is 5.56 Å². The van der Waals surface area contributed by atoms with Gasteiger partial charge in [0.15, 0.2) is 4.34 Å². The van der Waals surface area contributed by atoms with Crippen LogP contribution < -0.4 is 10.9 Å². The quantitative estimate of drug-likeness (QED) is 0.499. The van der Waals surface area contributed by atoms with Gasteiger partial charge >= 0.3 is 0 Å². The lowest BCUT2D eigenvalue weighted by atomic mass is 10.2. The van der Waals surface area contributed by atoms with Crippen LogP contribution in [0.4, 0.5) is 10.8 Å². The van der Waals surface area contributed by atoms with Crippen molar-refractivity contribution in [1.29, 1.82) is 0 Å². The number of benzene rings is 2. The van der Waals surface area contributed by atoms with E-state index in [4.69, 9.17) is 0 Å². The van der Waals surface area contributed by atoms with Crippen LogP contribution in [0.2, 0.25) is 0 Å². The highest BCUT2D eigenvalue weighted by Crippen LogP contribution is 2.36. The molecule has 0 amide bonds. The fourth-order valence-corrected chi connectivity index (χ4v) is 4.43. The number of aromatic amines is 1. The van der Waals surface area contributed by atoms with Crippen LogP contribution in [0.25, 0.3) is 10.9 Å². The molecular weight excluding hydrogens is 366 g/mol. The summed E-state index contributed by atoms with van der Waals surface area (Å²) >= 11 is 2.99. The Bertz CT molecular complexity index is 1090. The lowest BCUT2D eigenvalue weighted by Gasteiger charge is -2.08. The molecule has 26 heavy (non-hydrogen) atoms. The first kappa shape index (κ1) is 16.7. The highest BCUT2D eigenvalue weighted by molar-refractivity contribution is 8.01. The number of aromatic nitrogens is 4. The molecule has 130 valence electrons. The van der Waals surface area contributed by atoms with Crippen LogP contribution in [0.5, 0.6) is 0 Å². The topological polar surface area (TPSA) is 83.6 Å². The predicted molar refractivity (Wildman–Crippen MR) is 106 cm³/mol. The number of thioether (sulfide) groups is 1. The number of hydrogen-bond acceptors (Lipinski definition) is 7. The highest BCUT2D eigenvalue weighted by Gasteiger charge is 2.15. The van der Waals surface area contributed by atoms with E-state index in [2.05, 4.69) is 25.5 Å². The molecule has 0 fully saturated rings. The Morgan fingerprint density at radius 2 is 1.85 bits per heavy atom. The second kappa shape index (κ2) is 7.27. The van der Waals surface area contributed by atoms with E-state index in [1.165, 1.54) is 23.1 Å². The number of H-pyrrole nitrogens is 1. The van der Waals surface area contributed by atoms with Crippen molar-refractivity contribution >= 4 is 44.8 Å². The Balaban J connectivity index is 1.52. The zero-order chi connectivity index (χ0) is 17.9. The molecule has 0 aliphatic rings. The van der Waals surface area contributed by atoms with Crippen LogP contribution in [-0.4, -0.2) is 20.2 Å². The van der Waals surface area contributed by atoms with Crippen molar-refractivity contribution in [3.8, 4) is 0 Å². The van der Waals surface area contributed by atoms with E-state index in [1.54, 1.807) is 6.07 Å². The number of para-hydroxylation sites is 2. The van der Waals surface area contributed by atoms with Crippen LogP contribution in [0.3, 0.4) is 0 Å². The van der Waals surface area contributed by atoms with Gasteiger partial charge in [-0.25, -0.2) is 4.98 Å². The molecule has 2 aromatic carbocycles. The third-order valence-corrected chi connectivity index (χ3v) is 5.76. The molecular formula is C18H15N5OS2. The number of hydrogen-bond donors (Lipinski definition) is 2.